The van der Waals surface area contributed by atoms with Crippen LogP contribution in [0.2, 0.25) is 0 Å². The number of rotatable bonds is 0. The molecule has 0 unspecified atom stereocenters. The van der Waals surface area contributed by atoms with Crippen molar-refractivity contribution in [1.29, 1.82) is 0 Å². The lowest BCUT2D eigenvalue weighted by atomic mass is 10.1. The van der Waals surface area contributed by atoms with Crippen LogP contribution in [0, 0.1) is 20.8 Å². The third-order valence-corrected chi connectivity index (χ3v) is 1.66. The molecule has 0 radical (unpaired) electrons. The highest BCUT2D eigenvalue weighted by Crippen LogP contribution is 2.07. The van der Waals surface area contributed by atoms with Gasteiger partial charge in [-0.1, -0.05) is 87.6 Å². The van der Waals surface area contributed by atoms with Gasteiger partial charge in [0.1, 0.15) is 0 Å². The largest absolute Gasteiger partial charge is 0.106 e. The molecule has 0 heterocycles. The molecule has 0 fully saturated rings. The molecule has 0 aliphatic heterocycles. The molecule has 0 atom stereocenters. The van der Waals surface area contributed by atoms with Crippen molar-refractivity contribution >= 4 is 0 Å². The van der Waals surface area contributed by atoms with E-state index in [0.29, 0.717) is 0 Å². The van der Waals surface area contributed by atoms with E-state index in [9.17, 15) is 0 Å². The van der Waals surface area contributed by atoms with E-state index in [1.807, 2.05) is 41.5 Å². The Morgan fingerprint density at radius 2 is 0.900 bits per heavy atom. The van der Waals surface area contributed by atoms with Gasteiger partial charge in [-0.2, -0.15) is 0 Å². The SMILES string of the molecule is C.C.C.C=C.CC.CC.CC.Cc1ccc(C)c(C)c1. The van der Waals surface area contributed by atoms with Crippen LogP contribution in [0.3, 0.4) is 0 Å². The number of benzene rings is 1. The minimum absolute atomic E-state index is 0. The number of hydrogen-bond donors (Lipinski definition) is 0. The van der Waals surface area contributed by atoms with Crippen molar-refractivity contribution in [3.05, 3.63) is 48.0 Å². The Bertz CT molecular complexity index is 223. The normalized spacial score (nSPS) is 5.45. The summed E-state index contributed by atoms with van der Waals surface area (Å²) in [4.78, 5) is 0. The summed E-state index contributed by atoms with van der Waals surface area (Å²) in [6.07, 6.45) is 0. The van der Waals surface area contributed by atoms with Crippen LogP contribution >= 0.6 is 0 Å². The molecule has 0 aromatic heterocycles. The first kappa shape index (κ1) is 42.8. The van der Waals surface area contributed by atoms with E-state index in [1.165, 1.54) is 16.7 Å². The molecule has 0 saturated heterocycles. The van der Waals surface area contributed by atoms with Crippen LogP contribution in [-0.4, -0.2) is 0 Å². The van der Waals surface area contributed by atoms with Crippen molar-refractivity contribution in [2.24, 2.45) is 0 Å². The zero-order valence-corrected chi connectivity index (χ0v) is 13.6. The Morgan fingerprint density at radius 1 is 0.600 bits per heavy atom. The van der Waals surface area contributed by atoms with E-state index in [-0.39, 0.29) is 22.3 Å². The van der Waals surface area contributed by atoms with Gasteiger partial charge < -0.3 is 0 Å². The molecule has 20 heavy (non-hydrogen) atoms. The number of aryl methyl sites for hydroxylation is 3. The fourth-order valence-corrected chi connectivity index (χ4v) is 0.891. The quantitative estimate of drug-likeness (QED) is 0.420. The lowest BCUT2D eigenvalue weighted by Gasteiger charge is -1.98. The van der Waals surface area contributed by atoms with Gasteiger partial charge >= 0.3 is 0 Å². The van der Waals surface area contributed by atoms with Crippen molar-refractivity contribution < 1.29 is 0 Å². The Hall–Kier alpha value is -1.04. The van der Waals surface area contributed by atoms with Crippen molar-refractivity contribution in [3.8, 4) is 0 Å². The molecule has 0 N–H and O–H groups in total. The van der Waals surface area contributed by atoms with Crippen molar-refractivity contribution in [2.45, 2.75) is 84.6 Å². The standard InChI is InChI=1S/C9H12.3C2H6.C2H4.3CH4/c1-7-4-5-8(2)9(3)6-7;4*1-2;;;/h4-6H,1-3H3;3*1-2H3;1-2H2;3*1H4. The van der Waals surface area contributed by atoms with Gasteiger partial charge in [-0.05, 0) is 31.9 Å². The first-order chi connectivity index (χ1) is 8.20. The first-order valence-electron chi connectivity index (χ1n) is 6.74. The van der Waals surface area contributed by atoms with Crippen molar-refractivity contribution in [1.82, 2.24) is 0 Å². The molecule has 0 nitrogen and oxygen atoms in total. The summed E-state index contributed by atoms with van der Waals surface area (Å²) < 4.78 is 0. The van der Waals surface area contributed by atoms with Crippen molar-refractivity contribution in [2.75, 3.05) is 0 Å². The van der Waals surface area contributed by atoms with E-state index < -0.39 is 0 Å². The Kier molecular flexibility index (Phi) is 91.9. The molecule has 0 aliphatic carbocycles. The highest BCUT2D eigenvalue weighted by atomic mass is 13.9. The topological polar surface area (TPSA) is 0 Å². The molecule has 0 aliphatic rings. The van der Waals surface area contributed by atoms with Crippen molar-refractivity contribution in [3.63, 3.8) is 0 Å². The number of hydrogen-bond acceptors (Lipinski definition) is 0. The van der Waals surface area contributed by atoms with E-state index >= 15 is 0 Å². The van der Waals surface area contributed by atoms with Crippen LogP contribution in [0.1, 0.15) is 80.5 Å². The lowest BCUT2D eigenvalue weighted by Crippen LogP contribution is -1.79. The van der Waals surface area contributed by atoms with E-state index in [1.54, 1.807) is 0 Å². The van der Waals surface area contributed by atoms with Gasteiger partial charge in [0.2, 0.25) is 0 Å². The fraction of sp³-hybridized carbons (Fsp3) is 0.600. The summed E-state index contributed by atoms with van der Waals surface area (Å²) >= 11 is 0. The molecular formula is C20H46. The zero-order valence-electron chi connectivity index (χ0n) is 13.6. The zero-order chi connectivity index (χ0) is 14.9. The van der Waals surface area contributed by atoms with Crippen LogP contribution in [-0.2, 0) is 0 Å². The second-order valence-corrected chi connectivity index (χ2v) is 2.59. The Labute approximate surface area is 133 Å². The molecule has 0 saturated carbocycles. The van der Waals surface area contributed by atoms with E-state index in [0.717, 1.165) is 0 Å². The first-order valence-corrected chi connectivity index (χ1v) is 6.74. The molecule has 0 heteroatoms. The van der Waals surface area contributed by atoms with Crippen LogP contribution in [0.5, 0.6) is 0 Å². The smallest absolute Gasteiger partial charge is 0.0395 e. The molecule has 0 amide bonds. The molecule has 126 valence electrons. The van der Waals surface area contributed by atoms with Gasteiger partial charge in [0.05, 0.1) is 0 Å². The fourth-order valence-electron chi connectivity index (χ4n) is 0.891. The predicted molar refractivity (Wildman–Crippen MR) is 106 cm³/mol. The summed E-state index contributed by atoms with van der Waals surface area (Å²) in [5, 5.41) is 0. The van der Waals surface area contributed by atoms with Gasteiger partial charge in [0.15, 0.2) is 0 Å². The molecule has 1 aromatic carbocycles. The predicted octanol–water partition coefficient (Wildman–Crippen LogP) is 8.40. The van der Waals surface area contributed by atoms with Gasteiger partial charge in [-0.25, -0.2) is 0 Å². The molecule has 0 bridgehead atoms. The second kappa shape index (κ2) is 43.0. The lowest BCUT2D eigenvalue weighted by molar-refractivity contribution is 1.30. The summed E-state index contributed by atoms with van der Waals surface area (Å²) in [5.74, 6) is 0. The maximum Gasteiger partial charge on any atom is -0.0395 e. The maximum absolute atomic E-state index is 3.00. The molecular weight excluding hydrogens is 240 g/mol. The second-order valence-electron chi connectivity index (χ2n) is 2.59. The average molecular weight is 287 g/mol. The third-order valence-electron chi connectivity index (χ3n) is 1.66. The third kappa shape index (κ3) is 30.2. The monoisotopic (exact) mass is 286 g/mol. The van der Waals surface area contributed by atoms with Crippen LogP contribution in [0.25, 0.3) is 0 Å². The minimum atomic E-state index is 0. The molecule has 1 aromatic rings. The summed E-state index contributed by atoms with van der Waals surface area (Å²) in [6, 6.07) is 6.50. The minimum Gasteiger partial charge on any atom is -0.106 e. The maximum atomic E-state index is 3.00. The molecule has 0 spiro atoms. The average Bonchev–Trinajstić information content (AvgIpc) is 2.43. The summed E-state index contributed by atoms with van der Waals surface area (Å²) in [7, 11) is 0. The Morgan fingerprint density at radius 3 is 1.10 bits per heavy atom. The van der Waals surface area contributed by atoms with E-state index in [2.05, 4.69) is 52.1 Å². The van der Waals surface area contributed by atoms with Gasteiger partial charge in [-0.15, -0.1) is 13.2 Å². The summed E-state index contributed by atoms with van der Waals surface area (Å²) in [6.45, 7) is 24.4. The van der Waals surface area contributed by atoms with Gasteiger partial charge in [0, 0.05) is 0 Å². The van der Waals surface area contributed by atoms with Gasteiger partial charge in [0.25, 0.3) is 0 Å². The van der Waals surface area contributed by atoms with Crippen LogP contribution < -0.4 is 0 Å². The van der Waals surface area contributed by atoms with E-state index in [4.69, 9.17) is 0 Å². The van der Waals surface area contributed by atoms with Crippen LogP contribution in [0.4, 0.5) is 0 Å². The summed E-state index contributed by atoms with van der Waals surface area (Å²) in [5.41, 5.74) is 4.11. The Balaban J connectivity index is -0.0000000271. The van der Waals surface area contributed by atoms with Gasteiger partial charge in [-0.3, -0.25) is 0 Å². The highest BCUT2D eigenvalue weighted by Gasteiger charge is 1.89. The highest BCUT2D eigenvalue weighted by molar-refractivity contribution is 5.28. The van der Waals surface area contributed by atoms with Crippen LogP contribution in [0.15, 0.2) is 31.4 Å². The molecule has 1 rings (SSSR count).